The van der Waals surface area contributed by atoms with Gasteiger partial charge in [0, 0.05) is 56.9 Å². The number of hydrogen-bond acceptors (Lipinski definition) is 6. The zero-order valence-corrected chi connectivity index (χ0v) is 28.4. The molecule has 1 saturated carbocycles. The first kappa shape index (κ1) is 34.4. The molecule has 4 atom stereocenters. The third-order valence-corrected chi connectivity index (χ3v) is 10.8. The second-order valence-electron chi connectivity index (χ2n) is 13.7. The average Bonchev–Trinajstić information content (AvgIpc) is 3.77. The van der Waals surface area contributed by atoms with Crippen molar-refractivity contribution < 1.29 is 33.4 Å². The number of ether oxygens (including phenoxy) is 2. The lowest BCUT2D eigenvalue weighted by molar-refractivity contribution is -0.144. The highest BCUT2D eigenvalue weighted by molar-refractivity contribution is 6.34. The fraction of sp³-hybridized carbons (Fsp3) is 0.528. The summed E-state index contributed by atoms with van der Waals surface area (Å²) in [5, 5.41) is 13.0. The number of methoxy groups -OCH3 is 1. The van der Waals surface area contributed by atoms with Crippen molar-refractivity contribution in [3.8, 4) is 0 Å². The Labute approximate surface area is 285 Å². The Kier molecular flexibility index (Phi) is 10.4. The number of fused-ring (bicyclic) bond motifs is 1. The van der Waals surface area contributed by atoms with E-state index in [9.17, 15) is 19.5 Å². The van der Waals surface area contributed by atoms with E-state index in [1.807, 2.05) is 40.8 Å². The van der Waals surface area contributed by atoms with Gasteiger partial charge in [-0.2, -0.15) is 0 Å². The lowest BCUT2D eigenvalue weighted by Crippen LogP contribution is -2.41. The van der Waals surface area contributed by atoms with Crippen LogP contribution in [-0.4, -0.2) is 94.9 Å². The van der Waals surface area contributed by atoms with Gasteiger partial charge in [-0.15, -0.1) is 0 Å². The van der Waals surface area contributed by atoms with E-state index in [1.54, 1.807) is 13.3 Å². The van der Waals surface area contributed by atoms with Crippen LogP contribution >= 0.6 is 11.6 Å². The van der Waals surface area contributed by atoms with E-state index in [-0.39, 0.29) is 58.8 Å². The van der Waals surface area contributed by atoms with E-state index in [2.05, 4.69) is 17.1 Å². The van der Waals surface area contributed by atoms with Crippen LogP contribution in [-0.2, 0) is 32.5 Å². The van der Waals surface area contributed by atoms with Crippen LogP contribution in [0.3, 0.4) is 0 Å². The molecule has 0 radical (unpaired) electrons. The van der Waals surface area contributed by atoms with E-state index in [0.29, 0.717) is 50.3 Å². The van der Waals surface area contributed by atoms with Crippen molar-refractivity contribution in [2.24, 2.45) is 18.9 Å². The normalized spacial score (nSPS) is 26.3. The summed E-state index contributed by atoms with van der Waals surface area (Å²) in [4.78, 5) is 42.6. The van der Waals surface area contributed by atoms with Gasteiger partial charge in [0.25, 0.3) is 5.91 Å². The maximum atomic E-state index is 15.5. The fourth-order valence-electron chi connectivity index (χ4n) is 7.72. The lowest BCUT2D eigenvalue weighted by atomic mass is 9.87. The first-order chi connectivity index (χ1) is 23.0. The molecule has 2 amide bonds. The molecule has 2 aromatic carbocycles. The Morgan fingerprint density at radius 1 is 1.08 bits per heavy atom. The van der Waals surface area contributed by atoms with E-state index in [4.69, 9.17) is 21.1 Å². The summed E-state index contributed by atoms with van der Waals surface area (Å²) in [5.74, 6) is -1.98. The summed E-state index contributed by atoms with van der Waals surface area (Å²) in [5.41, 5.74) is 1.62. The molecule has 0 bridgehead atoms. The number of carbonyl (C=O) groups is 3. The van der Waals surface area contributed by atoms with Gasteiger partial charge >= 0.3 is 5.97 Å². The average molecular weight is 683 g/mol. The van der Waals surface area contributed by atoms with Crippen LogP contribution in [0.2, 0.25) is 5.02 Å². The molecule has 3 heterocycles. The monoisotopic (exact) mass is 682 g/mol. The summed E-state index contributed by atoms with van der Waals surface area (Å²) < 4.78 is 29.4. The Balaban J connectivity index is 1.14. The number of halogens is 2. The van der Waals surface area contributed by atoms with E-state index in [1.165, 1.54) is 12.1 Å². The molecular weight excluding hydrogens is 639 g/mol. The van der Waals surface area contributed by atoms with Crippen LogP contribution in [0.15, 0.2) is 42.6 Å². The summed E-state index contributed by atoms with van der Waals surface area (Å²) in [6, 6.07) is 10.0. The van der Waals surface area contributed by atoms with Crippen molar-refractivity contribution in [3.05, 3.63) is 64.6 Å². The summed E-state index contributed by atoms with van der Waals surface area (Å²) in [6.45, 7) is 4.66. The van der Waals surface area contributed by atoms with E-state index < -0.39 is 17.7 Å². The van der Waals surface area contributed by atoms with Gasteiger partial charge in [-0.3, -0.25) is 19.3 Å². The summed E-state index contributed by atoms with van der Waals surface area (Å²) in [7, 11) is 3.58. The Morgan fingerprint density at radius 2 is 1.83 bits per heavy atom. The number of hydrogen-bond donors (Lipinski definition) is 2. The number of nitrogens with zero attached hydrogens (tertiary/aromatic N) is 3. The number of rotatable bonds is 10. The maximum Gasteiger partial charge on any atom is 0.306 e. The Hall–Kier alpha value is -3.51. The van der Waals surface area contributed by atoms with Crippen LogP contribution in [0.25, 0.3) is 10.9 Å². The molecule has 10 nitrogen and oxygen atoms in total. The smallest absolute Gasteiger partial charge is 0.306 e. The van der Waals surface area contributed by atoms with Crippen LogP contribution < -0.4 is 5.32 Å². The molecular formula is C36H44ClFN4O6. The van der Waals surface area contributed by atoms with Gasteiger partial charge in [0.1, 0.15) is 5.82 Å². The number of nitrogens with one attached hydrogen (secondary N) is 1. The van der Waals surface area contributed by atoms with Gasteiger partial charge in [-0.05, 0) is 61.8 Å². The van der Waals surface area contributed by atoms with Crippen LogP contribution in [0.4, 0.5) is 10.1 Å². The minimum atomic E-state index is -0.759. The second kappa shape index (κ2) is 14.5. The molecule has 3 fully saturated rings. The third-order valence-electron chi connectivity index (χ3n) is 10.5. The van der Waals surface area contributed by atoms with Crippen LogP contribution in [0, 0.1) is 17.7 Å². The van der Waals surface area contributed by atoms with E-state index >= 15 is 4.39 Å². The number of likely N-dealkylation sites (tertiary alicyclic amines) is 2. The van der Waals surface area contributed by atoms with Gasteiger partial charge in [-0.25, -0.2) is 4.39 Å². The minimum Gasteiger partial charge on any atom is -0.481 e. The molecule has 2 N–H and O–H groups in total. The Bertz CT molecular complexity index is 1670. The van der Waals surface area contributed by atoms with Crippen molar-refractivity contribution in [2.75, 3.05) is 38.7 Å². The van der Waals surface area contributed by atoms with Gasteiger partial charge in [0.15, 0.2) is 0 Å². The third kappa shape index (κ3) is 7.24. The largest absolute Gasteiger partial charge is 0.481 e. The van der Waals surface area contributed by atoms with Crippen LogP contribution in [0.5, 0.6) is 0 Å². The Morgan fingerprint density at radius 3 is 2.54 bits per heavy atom. The molecule has 2 saturated heterocycles. The number of aliphatic carboxylic acids is 1. The number of carbonyl (C=O) groups excluding carboxylic acids is 2. The standard InChI is InChI=1S/C36H44ClFN4O6/c1-21-16-41(19-33(21)47-3)24-14-25(20-48-26-10-8-22(9-11-26)36(45)46)42(17-24)34(43)13-23-12-29(37)31(15-30(23)38)39-35(44)28-18-40(2)32-7-5-4-6-27(28)32/h4-7,12,15,18,21-22,24-26,33H,8-11,13-14,16-17,19-20H2,1-3H3,(H,39,44)(H,45,46)/t21-,22-,24+,25+,26-,33+/m1/s1. The number of aromatic nitrogens is 1. The molecule has 48 heavy (non-hydrogen) atoms. The van der Waals surface area contributed by atoms with Crippen molar-refractivity contribution in [3.63, 3.8) is 0 Å². The molecule has 2 aliphatic heterocycles. The molecule has 0 unspecified atom stereocenters. The number of aryl methyl sites for hydroxylation is 1. The highest BCUT2D eigenvalue weighted by atomic mass is 35.5. The molecule has 3 aromatic rings. The van der Waals surface area contributed by atoms with Gasteiger partial charge < -0.3 is 29.4 Å². The number of carboxylic acid groups (broad SMARTS) is 1. The predicted molar refractivity (Wildman–Crippen MR) is 181 cm³/mol. The number of para-hydroxylation sites is 1. The van der Waals surface area contributed by atoms with Crippen molar-refractivity contribution in [2.45, 2.75) is 69.7 Å². The van der Waals surface area contributed by atoms with Crippen LogP contribution in [0.1, 0.15) is 54.9 Å². The summed E-state index contributed by atoms with van der Waals surface area (Å²) >= 11 is 6.56. The highest BCUT2D eigenvalue weighted by Gasteiger charge is 2.42. The SMILES string of the molecule is CO[C@H]1CN([C@H]2C[C@@H](CO[C@H]3CC[C@H](C(=O)O)CC3)N(C(=O)Cc3cc(Cl)c(NC(=O)c4cn(C)c5ccccc45)cc3F)C2)C[C@H]1C. The lowest BCUT2D eigenvalue weighted by Gasteiger charge is -2.30. The molecule has 258 valence electrons. The number of benzene rings is 2. The predicted octanol–water partition coefficient (Wildman–Crippen LogP) is 5.36. The van der Waals surface area contributed by atoms with Gasteiger partial charge in [-0.1, -0.05) is 36.7 Å². The molecule has 0 spiro atoms. The molecule has 1 aliphatic carbocycles. The number of anilines is 1. The van der Waals surface area contributed by atoms with Crippen molar-refractivity contribution >= 4 is 46.0 Å². The van der Waals surface area contributed by atoms with Gasteiger partial charge in [0.2, 0.25) is 5.91 Å². The molecule has 1 aromatic heterocycles. The highest BCUT2D eigenvalue weighted by Crippen LogP contribution is 2.33. The maximum absolute atomic E-state index is 15.5. The molecule has 12 heteroatoms. The number of carboxylic acids is 1. The summed E-state index contributed by atoms with van der Waals surface area (Å²) in [6.07, 6.45) is 4.85. The van der Waals surface area contributed by atoms with Crippen molar-refractivity contribution in [1.29, 1.82) is 0 Å². The topological polar surface area (TPSA) is 113 Å². The minimum absolute atomic E-state index is 0.0471. The first-order valence-corrected chi connectivity index (χ1v) is 17.1. The zero-order valence-electron chi connectivity index (χ0n) is 27.7. The molecule has 3 aliphatic rings. The zero-order chi connectivity index (χ0) is 34.1. The molecule has 6 rings (SSSR count). The van der Waals surface area contributed by atoms with Gasteiger partial charge in [0.05, 0.1) is 53.5 Å². The first-order valence-electron chi connectivity index (χ1n) is 16.8. The fourth-order valence-corrected chi connectivity index (χ4v) is 7.95. The second-order valence-corrected chi connectivity index (χ2v) is 14.1. The van der Waals surface area contributed by atoms with Crippen molar-refractivity contribution in [1.82, 2.24) is 14.4 Å². The number of amides is 2. The quantitative estimate of drug-likeness (QED) is 0.296. The van der Waals surface area contributed by atoms with E-state index in [0.717, 1.165) is 30.4 Å².